The Hall–Kier alpha value is -4.02. The molecule has 3 aromatic carbocycles. The topological polar surface area (TPSA) is 115 Å². The van der Waals surface area contributed by atoms with E-state index in [-0.39, 0.29) is 17.3 Å². The van der Waals surface area contributed by atoms with Crippen LogP contribution in [0.5, 0.6) is 0 Å². The zero-order valence-electron chi connectivity index (χ0n) is 19.4. The van der Waals surface area contributed by atoms with Crippen LogP contribution in [0.25, 0.3) is 17.1 Å². The number of benzene rings is 3. The molecule has 36 heavy (non-hydrogen) atoms. The third-order valence-corrected chi connectivity index (χ3v) is 6.36. The first-order valence-electron chi connectivity index (χ1n) is 10.8. The molecule has 0 aliphatic rings. The normalized spacial score (nSPS) is 11.4. The molecule has 0 unspecified atom stereocenters. The van der Waals surface area contributed by atoms with E-state index in [0.717, 1.165) is 16.8 Å². The fourth-order valence-electron chi connectivity index (χ4n) is 3.29. The molecule has 1 heterocycles. The second-order valence-electron chi connectivity index (χ2n) is 7.81. The van der Waals surface area contributed by atoms with E-state index in [0.29, 0.717) is 27.3 Å². The molecule has 0 spiro atoms. The third-order valence-electron chi connectivity index (χ3n) is 5.18. The summed E-state index contributed by atoms with van der Waals surface area (Å²) in [5.41, 5.74) is 6.26. The van der Waals surface area contributed by atoms with Crippen LogP contribution >= 0.6 is 23.4 Å². The van der Waals surface area contributed by atoms with Crippen molar-refractivity contribution in [2.75, 3.05) is 5.75 Å². The Morgan fingerprint density at radius 1 is 1.11 bits per heavy atom. The lowest BCUT2D eigenvalue weighted by Gasteiger charge is -2.11. The molecule has 4 aromatic rings. The van der Waals surface area contributed by atoms with Crippen LogP contribution in [0.3, 0.4) is 0 Å². The lowest BCUT2D eigenvalue weighted by molar-refractivity contribution is -0.384. The number of non-ortho nitro benzene ring substituents is 1. The molecule has 0 aliphatic heterocycles. The average Bonchev–Trinajstić information content (AvgIpc) is 3.31. The quantitative estimate of drug-likeness (QED) is 0.143. The Labute approximate surface area is 216 Å². The van der Waals surface area contributed by atoms with Crippen molar-refractivity contribution in [1.82, 2.24) is 20.2 Å². The molecule has 11 heteroatoms. The van der Waals surface area contributed by atoms with Crippen molar-refractivity contribution in [1.29, 1.82) is 0 Å². The van der Waals surface area contributed by atoms with Crippen LogP contribution < -0.4 is 5.43 Å². The molecule has 0 fully saturated rings. The maximum Gasteiger partial charge on any atom is 0.270 e. The van der Waals surface area contributed by atoms with Gasteiger partial charge >= 0.3 is 0 Å². The zero-order valence-corrected chi connectivity index (χ0v) is 21.0. The number of hydrazone groups is 1. The second-order valence-corrected chi connectivity index (χ2v) is 9.19. The summed E-state index contributed by atoms with van der Waals surface area (Å²) >= 11 is 7.26. The molecular weight excluding hydrogens is 500 g/mol. The van der Waals surface area contributed by atoms with Gasteiger partial charge in [0, 0.05) is 34.0 Å². The van der Waals surface area contributed by atoms with Crippen molar-refractivity contribution >= 4 is 40.7 Å². The minimum absolute atomic E-state index is 0.0380. The van der Waals surface area contributed by atoms with Gasteiger partial charge in [-0.2, -0.15) is 5.10 Å². The highest BCUT2D eigenvalue weighted by Crippen LogP contribution is 2.29. The third kappa shape index (κ3) is 5.96. The fourth-order valence-corrected chi connectivity index (χ4v) is 4.16. The Kier molecular flexibility index (Phi) is 7.77. The predicted molar refractivity (Wildman–Crippen MR) is 141 cm³/mol. The van der Waals surface area contributed by atoms with Crippen molar-refractivity contribution in [3.8, 4) is 17.1 Å². The molecule has 1 amide bonds. The Morgan fingerprint density at radius 2 is 1.83 bits per heavy atom. The SMILES string of the molecule is C/C(=N/NC(=O)CSc1nnc(-c2ccc(Cl)cc2)n1-c1ccc(C)cc1)c1cccc([N+](=O)[O-])c1. The number of thioether (sulfide) groups is 1. The first-order valence-corrected chi connectivity index (χ1v) is 12.2. The highest BCUT2D eigenvalue weighted by molar-refractivity contribution is 7.99. The molecule has 0 atom stereocenters. The van der Waals surface area contributed by atoms with Gasteiger partial charge in [-0.25, -0.2) is 5.43 Å². The van der Waals surface area contributed by atoms with Gasteiger partial charge < -0.3 is 0 Å². The summed E-state index contributed by atoms with van der Waals surface area (Å²) in [4.78, 5) is 23.0. The van der Waals surface area contributed by atoms with E-state index in [4.69, 9.17) is 11.6 Å². The molecular formula is C25H21ClN6O3S. The van der Waals surface area contributed by atoms with Gasteiger partial charge in [0.15, 0.2) is 11.0 Å². The highest BCUT2D eigenvalue weighted by Gasteiger charge is 2.17. The largest absolute Gasteiger partial charge is 0.272 e. The first kappa shape index (κ1) is 25.1. The molecule has 0 saturated heterocycles. The fraction of sp³-hybridized carbons (Fsp3) is 0.120. The summed E-state index contributed by atoms with van der Waals surface area (Å²) < 4.78 is 1.89. The van der Waals surface area contributed by atoms with Gasteiger partial charge in [0.2, 0.25) is 0 Å². The number of carbonyl (C=O) groups excluding carboxylic acids is 1. The van der Waals surface area contributed by atoms with Gasteiger partial charge in [-0.1, -0.05) is 53.2 Å². The number of nitro benzene ring substituents is 1. The number of aryl methyl sites for hydroxylation is 1. The van der Waals surface area contributed by atoms with E-state index in [1.807, 2.05) is 47.9 Å². The van der Waals surface area contributed by atoms with E-state index in [1.165, 1.54) is 23.9 Å². The predicted octanol–water partition coefficient (Wildman–Crippen LogP) is 5.44. The Balaban J connectivity index is 1.52. The lowest BCUT2D eigenvalue weighted by Crippen LogP contribution is -2.21. The van der Waals surface area contributed by atoms with E-state index in [9.17, 15) is 14.9 Å². The number of rotatable bonds is 8. The van der Waals surface area contributed by atoms with Gasteiger partial charge in [-0.15, -0.1) is 10.2 Å². The number of nitrogens with one attached hydrogen (secondary N) is 1. The van der Waals surface area contributed by atoms with Crippen LogP contribution in [0, 0.1) is 17.0 Å². The van der Waals surface area contributed by atoms with Crippen LogP contribution in [-0.4, -0.2) is 37.1 Å². The molecule has 0 aliphatic carbocycles. The Bertz CT molecular complexity index is 1440. The number of nitro groups is 1. The average molecular weight is 521 g/mol. The van der Waals surface area contributed by atoms with Crippen molar-refractivity contribution in [3.63, 3.8) is 0 Å². The number of nitrogens with zero attached hydrogens (tertiary/aromatic N) is 5. The molecule has 0 bridgehead atoms. The number of carbonyl (C=O) groups is 1. The second kappa shape index (κ2) is 11.1. The highest BCUT2D eigenvalue weighted by atomic mass is 35.5. The molecule has 9 nitrogen and oxygen atoms in total. The van der Waals surface area contributed by atoms with Crippen molar-refractivity contribution < 1.29 is 9.72 Å². The Morgan fingerprint density at radius 3 is 2.53 bits per heavy atom. The van der Waals surface area contributed by atoms with Crippen LogP contribution in [0.4, 0.5) is 5.69 Å². The number of hydrogen-bond donors (Lipinski definition) is 1. The summed E-state index contributed by atoms with van der Waals surface area (Å²) in [5.74, 6) is 0.310. The summed E-state index contributed by atoms with van der Waals surface area (Å²) in [6.07, 6.45) is 0. The standard InChI is InChI=1S/C25H21ClN6O3S/c1-16-6-12-21(13-7-16)31-24(18-8-10-20(26)11-9-18)29-30-25(31)36-15-23(33)28-27-17(2)19-4-3-5-22(14-19)32(34)35/h3-14H,15H2,1-2H3,(H,28,33)/b27-17-. The lowest BCUT2D eigenvalue weighted by atomic mass is 10.1. The number of halogens is 1. The van der Waals surface area contributed by atoms with E-state index >= 15 is 0 Å². The van der Waals surface area contributed by atoms with Gasteiger partial charge in [-0.3, -0.25) is 19.5 Å². The summed E-state index contributed by atoms with van der Waals surface area (Å²) in [6.45, 7) is 3.67. The number of hydrogen-bond acceptors (Lipinski definition) is 7. The first-order chi connectivity index (χ1) is 17.3. The van der Waals surface area contributed by atoms with Crippen LogP contribution in [0.2, 0.25) is 5.02 Å². The minimum atomic E-state index is -0.478. The van der Waals surface area contributed by atoms with Gasteiger partial charge in [0.05, 0.1) is 16.4 Å². The van der Waals surface area contributed by atoms with Crippen LogP contribution in [0.1, 0.15) is 18.1 Å². The molecule has 182 valence electrons. The van der Waals surface area contributed by atoms with Gasteiger partial charge in [0.25, 0.3) is 11.6 Å². The molecule has 0 saturated carbocycles. The van der Waals surface area contributed by atoms with Crippen molar-refractivity contribution in [3.05, 3.63) is 99.1 Å². The zero-order chi connectivity index (χ0) is 25.7. The van der Waals surface area contributed by atoms with Crippen LogP contribution in [0.15, 0.2) is 83.1 Å². The monoisotopic (exact) mass is 520 g/mol. The molecule has 1 N–H and O–H groups in total. The van der Waals surface area contributed by atoms with Crippen LogP contribution in [-0.2, 0) is 4.79 Å². The summed E-state index contributed by atoms with van der Waals surface area (Å²) in [7, 11) is 0. The molecule has 1 aromatic heterocycles. The van der Waals surface area contributed by atoms with Crippen molar-refractivity contribution in [2.45, 2.75) is 19.0 Å². The van der Waals surface area contributed by atoms with Crippen molar-refractivity contribution in [2.24, 2.45) is 5.10 Å². The van der Waals surface area contributed by atoms with E-state index in [1.54, 1.807) is 31.2 Å². The maximum atomic E-state index is 12.5. The molecule has 0 radical (unpaired) electrons. The number of aromatic nitrogens is 3. The smallest absolute Gasteiger partial charge is 0.270 e. The van der Waals surface area contributed by atoms with Gasteiger partial charge in [-0.05, 0) is 50.2 Å². The maximum absolute atomic E-state index is 12.5. The summed E-state index contributed by atoms with van der Waals surface area (Å²) in [6, 6.07) is 21.3. The molecule has 4 rings (SSSR count). The van der Waals surface area contributed by atoms with Gasteiger partial charge in [0.1, 0.15) is 0 Å². The minimum Gasteiger partial charge on any atom is -0.272 e. The van der Waals surface area contributed by atoms with E-state index in [2.05, 4.69) is 20.7 Å². The number of amides is 1. The van der Waals surface area contributed by atoms with E-state index < -0.39 is 4.92 Å². The summed E-state index contributed by atoms with van der Waals surface area (Å²) in [5, 5.41) is 24.9.